The van der Waals surface area contributed by atoms with E-state index in [2.05, 4.69) is 15.0 Å². The van der Waals surface area contributed by atoms with Crippen LogP contribution in [0.4, 0.5) is 5.82 Å². The van der Waals surface area contributed by atoms with Gasteiger partial charge in [0.25, 0.3) is 0 Å². The topological polar surface area (TPSA) is 74.7 Å². The molecule has 0 aliphatic carbocycles. The molecule has 1 aromatic rings. The Morgan fingerprint density at radius 2 is 2.12 bits per heavy atom. The highest BCUT2D eigenvalue weighted by Gasteiger charge is 2.15. The van der Waals surface area contributed by atoms with Crippen LogP contribution >= 0.6 is 0 Å². The smallest absolute Gasteiger partial charge is 0.174 e. The predicted octanol–water partition coefficient (Wildman–Crippen LogP) is 1.33. The number of hydrogen-bond acceptors (Lipinski definition) is 4. The molecule has 3 N–H and O–H groups in total. The Morgan fingerprint density at radius 1 is 1.50 bits per heavy atom. The van der Waals surface area contributed by atoms with Gasteiger partial charge in [-0.05, 0) is 32.4 Å². The lowest BCUT2D eigenvalue weighted by atomic mass is 10.1. The number of pyridine rings is 1. The lowest BCUT2D eigenvalue weighted by Crippen LogP contribution is -2.28. The highest BCUT2D eigenvalue weighted by molar-refractivity contribution is 6.02. The maximum absolute atomic E-state index is 8.78. The molecule has 0 bridgehead atoms. The third kappa shape index (κ3) is 2.24. The molecule has 1 aromatic heterocycles. The molecule has 1 heterocycles. The Labute approximate surface area is 95.6 Å². The number of anilines is 1. The summed E-state index contributed by atoms with van der Waals surface area (Å²) in [7, 11) is 0. The molecule has 88 valence electrons. The fourth-order valence-electron chi connectivity index (χ4n) is 1.67. The van der Waals surface area contributed by atoms with Crippen LogP contribution in [0, 0.1) is 6.92 Å². The van der Waals surface area contributed by atoms with Crippen LogP contribution < -0.4 is 10.6 Å². The molecule has 0 spiro atoms. The molecule has 0 atom stereocenters. The molecule has 0 aliphatic rings. The molecule has 16 heavy (non-hydrogen) atoms. The second-order valence-corrected chi connectivity index (χ2v) is 3.48. The van der Waals surface area contributed by atoms with Crippen molar-refractivity contribution in [2.75, 3.05) is 18.0 Å². The van der Waals surface area contributed by atoms with Crippen molar-refractivity contribution in [3.8, 4) is 0 Å². The van der Waals surface area contributed by atoms with E-state index in [1.165, 1.54) is 0 Å². The molecular weight excluding hydrogens is 204 g/mol. The second-order valence-electron chi connectivity index (χ2n) is 3.48. The number of aryl methyl sites for hydroxylation is 1. The van der Waals surface area contributed by atoms with Crippen LogP contribution in [0.5, 0.6) is 0 Å². The summed E-state index contributed by atoms with van der Waals surface area (Å²) in [6.07, 6.45) is 1.73. The fourth-order valence-corrected chi connectivity index (χ4v) is 1.67. The van der Waals surface area contributed by atoms with Crippen molar-refractivity contribution in [2.24, 2.45) is 10.9 Å². The largest absolute Gasteiger partial charge is 0.409 e. The van der Waals surface area contributed by atoms with Crippen LogP contribution in [0.1, 0.15) is 25.0 Å². The molecule has 5 heteroatoms. The highest BCUT2D eigenvalue weighted by Crippen LogP contribution is 2.20. The Balaban J connectivity index is 3.33. The molecule has 0 aromatic carbocycles. The van der Waals surface area contributed by atoms with Crippen LogP contribution in [0.2, 0.25) is 0 Å². The number of aromatic nitrogens is 1. The molecule has 5 nitrogen and oxygen atoms in total. The van der Waals surface area contributed by atoms with E-state index in [1.807, 2.05) is 26.8 Å². The molecular formula is C11H18N4O. The second kappa shape index (κ2) is 5.34. The number of nitrogens with zero attached hydrogens (tertiary/aromatic N) is 3. The predicted molar refractivity (Wildman–Crippen MR) is 65.0 cm³/mol. The van der Waals surface area contributed by atoms with Gasteiger partial charge < -0.3 is 15.8 Å². The number of rotatable bonds is 4. The Kier molecular flexibility index (Phi) is 4.10. The first-order chi connectivity index (χ1) is 7.65. The average molecular weight is 222 g/mol. The van der Waals surface area contributed by atoms with Gasteiger partial charge in [-0.2, -0.15) is 0 Å². The van der Waals surface area contributed by atoms with Crippen molar-refractivity contribution in [3.63, 3.8) is 0 Å². The van der Waals surface area contributed by atoms with Gasteiger partial charge >= 0.3 is 0 Å². The van der Waals surface area contributed by atoms with Gasteiger partial charge in [0.2, 0.25) is 0 Å². The van der Waals surface area contributed by atoms with Crippen molar-refractivity contribution < 1.29 is 5.21 Å². The molecule has 1 rings (SSSR count). The number of oxime groups is 1. The summed E-state index contributed by atoms with van der Waals surface area (Å²) in [4.78, 5) is 6.37. The minimum absolute atomic E-state index is 0.104. The van der Waals surface area contributed by atoms with Crippen molar-refractivity contribution in [2.45, 2.75) is 20.8 Å². The maximum Gasteiger partial charge on any atom is 0.174 e. The van der Waals surface area contributed by atoms with E-state index in [9.17, 15) is 0 Å². The fraction of sp³-hybridized carbons (Fsp3) is 0.455. The minimum atomic E-state index is 0.104. The standard InChI is InChI=1S/C11H18N4O/c1-4-15(5-2)11-9(10(12)14-16)8(3)6-7-13-11/h6-7,16H,4-5H2,1-3H3,(H2,12,14). The first kappa shape index (κ1) is 12.3. The molecule has 0 amide bonds. The van der Waals surface area contributed by atoms with Crippen molar-refractivity contribution >= 4 is 11.7 Å². The van der Waals surface area contributed by atoms with E-state index in [1.54, 1.807) is 6.20 Å². The van der Waals surface area contributed by atoms with Gasteiger partial charge in [-0.15, -0.1) is 0 Å². The zero-order valence-corrected chi connectivity index (χ0v) is 9.94. The van der Waals surface area contributed by atoms with E-state index in [-0.39, 0.29) is 5.84 Å². The zero-order valence-electron chi connectivity index (χ0n) is 9.94. The van der Waals surface area contributed by atoms with Crippen LogP contribution in [-0.4, -0.2) is 29.1 Å². The first-order valence-corrected chi connectivity index (χ1v) is 5.34. The van der Waals surface area contributed by atoms with Gasteiger partial charge in [-0.1, -0.05) is 5.16 Å². The van der Waals surface area contributed by atoms with E-state index in [0.717, 1.165) is 24.5 Å². The summed E-state index contributed by atoms with van der Waals surface area (Å²) >= 11 is 0. The summed E-state index contributed by atoms with van der Waals surface area (Å²) in [5.74, 6) is 0.868. The molecule has 0 fully saturated rings. The van der Waals surface area contributed by atoms with Gasteiger partial charge in [-0.25, -0.2) is 4.98 Å². The average Bonchev–Trinajstić information content (AvgIpc) is 2.30. The minimum Gasteiger partial charge on any atom is -0.409 e. The van der Waals surface area contributed by atoms with Crippen molar-refractivity contribution in [1.82, 2.24) is 4.98 Å². The summed E-state index contributed by atoms with van der Waals surface area (Å²) in [5, 5.41) is 11.8. The molecule has 0 aliphatic heterocycles. The van der Waals surface area contributed by atoms with E-state index >= 15 is 0 Å². The van der Waals surface area contributed by atoms with Crippen molar-refractivity contribution in [3.05, 3.63) is 23.4 Å². The SMILES string of the molecule is CCN(CC)c1nccc(C)c1/C(N)=N/O. The Hall–Kier alpha value is -1.78. The molecule has 0 saturated carbocycles. The van der Waals surface area contributed by atoms with E-state index in [0.29, 0.717) is 5.56 Å². The van der Waals surface area contributed by atoms with Crippen LogP contribution in [0.3, 0.4) is 0 Å². The van der Waals surface area contributed by atoms with Crippen LogP contribution in [-0.2, 0) is 0 Å². The van der Waals surface area contributed by atoms with Gasteiger partial charge in [0, 0.05) is 19.3 Å². The van der Waals surface area contributed by atoms with Gasteiger partial charge in [-0.3, -0.25) is 0 Å². The summed E-state index contributed by atoms with van der Waals surface area (Å²) in [6.45, 7) is 7.67. The maximum atomic E-state index is 8.78. The van der Waals surface area contributed by atoms with Gasteiger partial charge in [0.15, 0.2) is 5.84 Å². The van der Waals surface area contributed by atoms with E-state index < -0.39 is 0 Å². The molecule has 0 saturated heterocycles. The Morgan fingerprint density at radius 3 is 2.62 bits per heavy atom. The normalized spacial score (nSPS) is 11.6. The Bertz CT molecular complexity index is 386. The lowest BCUT2D eigenvalue weighted by Gasteiger charge is -2.23. The van der Waals surface area contributed by atoms with Gasteiger partial charge in [0.05, 0.1) is 5.56 Å². The first-order valence-electron chi connectivity index (χ1n) is 5.34. The quantitative estimate of drug-likeness (QED) is 0.349. The third-order valence-electron chi connectivity index (χ3n) is 2.57. The van der Waals surface area contributed by atoms with Crippen molar-refractivity contribution in [1.29, 1.82) is 0 Å². The highest BCUT2D eigenvalue weighted by atomic mass is 16.4. The van der Waals surface area contributed by atoms with E-state index in [4.69, 9.17) is 10.9 Å². The monoisotopic (exact) mass is 222 g/mol. The number of nitrogens with two attached hydrogens (primary N) is 1. The molecule has 0 radical (unpaired) electrons. The lowest BCUT2D eigenvalue weighted by molar-refractivity contribution is 0.318. The summed E-state index contributed by atoms with van der Waals surface area (Å²) in [6, 6.07) is 1.85. The molecule has 0 unspecified atom stereocenters. The zero-order chi connectivity index (χ0) is 12.1. The summed E-state index contributed by atoms with van der Waals surface area (Å²) < 4.78 is 0. The van der Waals surface area contributed by atoms with Crippen LogP contribution in [0.25, 0.3) is 0 Å². The number of hydrogen-bond donors (Lipinski definition) is 2. The third-order valence-corrected chi connectivity index (χ3v) is 2.57. The summed E-state index contributed by atoms with van der Waals surface area (Å²) in [5.41, 5.74) is 7.33. The van der Waals surface area contributed by atoms with Gasteiger partial charge in [0.1, 0.15) is 5.82 Å². The van der Waals surface area contributed by atoms with Crippen LogP contribution in [0.15, 0.2) is 17.4 Å². The number of amidine groups is 1.